The second-order valence-corrected chi connectivity index (χ2v) is 4.95. The Kier molecular flexibility index (Phi) is 3.14. The third-order valence-corrected chi connectivity index (χ3v) is 3.50. The molecule has 0 aliphatic heterocycles. The summed E-state index contributed by atoms with van der Waals surface area (Å²) in [7, 11) is 0. The van der Waals surface area contributed by atoms with Crippen LogP contribution in [0.25, 0.3) is 16.9 Å². The molecule has 0 spiro atoms. The van der Waals surface area contributed by atoms with E-state index in [1.54, 1.807) is 0 Å². The van der Waals surface area contributed by atoms with E-state index in [9.17, 15) is 0 Å². The number of nitrogens with zero attached hydrogens (tertiary/aromatic N) is 3. The molecule has 0 aliphatic rings. The van der Waals surface area contributed by atoms with E-state index in [1.807, 2.05) is 29.1 Å². The van der Waals surface area contributed by atoms with Crippen LogP contribution in [-0.4, -0.2) is 21.1 Å². The number of aryl methyl sites for hydroxylation is 2. The molecule has 0 saturated heterocycles. The fourth-order valence-electron chi connectivity index (χ4n) is 2.28. The highest BCUT2D eigenvalue weighted by molar-refractivity contribution is 5.79. The average Bonchev–Trinajstić information content (AvgIpc) is 2.83. The van der Waals surface area contributed by atoms with Crippen molar-refractivity contribution in [2.45, 2.75) is 20.8 Å². The van der Waals surface area contributed by atoms with Gasteiger partial charge < -0.3 is 5.32 Å². The number of rotatable bonds is 3. The summed E-state index contributed by atoms with van der Waals surface area (Å²) in [5, 5.41) is 3.23. The van der Waals surface area contributed by atoms with Crippen molar-refractivity contribution in [2.24, 2.45) is 0 Å². The molecule has 4 heteroatoms. The molecule has 0 saturated carbocycles. The van der Waals surface area contributed by atoms with Crippen LogP contribution in [0.3, 0.4) is 0 Å². The molecule has 102 valence electrons. The highest BCUT2D eigenvalue weighted by Gasteiger charge is 2.08. The lowest BCUT2D eigenvalue weighted by molar-refractivity contribution is 1.01. The third-order valence-electron chi connectivity index (χ3n) is 3.50. The van der Waals surface area contributed by atoms with Crippen LogP contribution in [0.2, 0.25) is 0 Å². The zero-order valence-corrected chi connectivity index (χ0v) is 12.0. The normalized spacial score (nSPS) is 10.9. The molecule has 1 N–H and O–H groups in total. The molecule has 0 unspecified atom stereocenters. The van der Waals surface area contributed by atoms with Gasteiger partial charge in [0.05, 0.1) is 11.0 Å². The van der Waals surface area contributed by atoms with Gasteiger partial charge in [-0.2, -0.15) is 0 Å². The van der Waals surface area contributed by atoms with Gasteiger partial charge in [0.1, 0.15) is 18.0 Å². The van der Waals surface area contributed by atoms with Crippen molar-refractivity contribution >= 4 is 16.9 Å². The van der Waals surface area contributed by atoms with Crippen molar-refractivity contribution in [3.63, 3.8) is 0 Å². The zero-order valence-electron chi connectivity index (χ0n) is 12.0. The fraction of sp³-hybridized carbons (Fsp3) is 0.250. The summed E-state index contributed by atoms with van der Waals surface area (Å²) in [5.74, 6) is 1.77. The largest absolute Gasteiger partial charge is 0.370 e. The van der Waals surface area contributed by atoms with Gasteiger partial charge in [0.2, 0.25) is 0 Å². The summed E-state index contributed by atoms with van der Waals surface area (Å²) < 4.78 is 2.03. The maximum absolute atomic E-state index is 4.62. The molecule has 3 rings (SSSR count). The maximum atomic E-state index is 4.62. The molecule has 2 heterocycles. The first-order valence-corrected chi connectivity index (χ1v) is 6.84. The minimum Gasteiger partial charge on any atom is -0.370 e. The van der Waals surface area contributed by atoms with Crippen molar-refractivity contribution in [3.8, 4) is 5.82 Å². The Balaban J connectivity index is 2.14. The quantitative estimate of drug-likeness (QED) is 0.789. The third kappa shape index (κ3) is 2.13. The Hall–Kier alpha value is -2.36. The number of benzene rings is 1. The molecule has 0 fully saturated rings. The fourth-order valence-corrected chi connectivity index (χ4v) is 2.28. The zero-order chi connectivity index (χ0) is 14.1. The van der Waals surface area contributed by atoms with Crippen LogP contribution in [0.4, 0.5) is 5.82 Å². The summed E-state index contributed by atoms with van der Waals surface area (Å²) in [6, 6.07) is 10.3. The smallest absolute Gasteiger partial charge is 0.140 e. The van der Waals surface area contributed by atoms with Gasteiger partial charge in [0.15, 0.2) is 0 Å². The van der Waals surface area contributed by atoms with Crippen molar-refractivity contribution in [2.75, 3.05) is 11.9 Å². The van der Waals surface area contributed by atoms with E-state index in [-0.39, 0.29) is 0 Å². The van der Waals surface area contributed by atoms with Gasteiger partial charge in [-0.05, 0) is 56.2 Å². The number of fused-ring (bicyclic) bond motifs is 1. The summed E-state index contributed by atoms with van der Waals surface area (Å²) in [5.41, 5.74) is 4.62. The molecule has 4 nitrogen and oxygen atoms in total. The van der Waals surface area contributed by atoms with Gasteiger partial charge in [0, 0.05) is 6.54 Å². The van der Waals surface area contributed by atoms with Crippen LogP contribution in [0.15, 0.2) is 36.7 Å². The van der Waals surface area contributed by atoms with Crippen LogP contribution < -0.4 is 5.32 Å². The van der Waals surface area contributed by atoms with E-state index in [1.165, 1.54) is 11.1 Å². The Bertz CT molecular complexity index is 758. The van der Waals surface area contributed by atoms with Crippen molar-refractivity contribution in [1.82, 2.24) is 14.5 Å². The first kappa shape index (κ1) is 12.7. The summed E-state index contributed by atoms with van der Waals surface area (Å²) in [6.45, 7) is 7.15. The highest BCUT2D eigenvalue weighted by atomic mass is 15.1. The molecule has 20 heavy (non-hydrogen) atoms. The Morgan fingerprint density at radius 3 is 2.75 bits per heavy atom. The second-order valence-electron chi connectivity index (χ2n) is 4.95. The summed E-state index contributed by atoms with van der Waals surface area (Å²) >= 11 is 0. The summed E-state index contributed by atoms with van der Waals surface area (Å²) in [6.07, 6.45) is 1.83. The predicted molar refractivity (Wildman–Crippen MR) is 82.5 cm³/mol. The molecule has 2 aromatic heterocycles. The first-order chi connectivity index (χ1) is 9.69. The SMILES string of the molecule is CCNc1cccc(-n2cnc3cc(C)c(C)cc32)n1. The highest BCUT2D eigenvalue weighted by Crippen LogP contribution is 2.21. The molecular formula is C16H18N4. The van der Waals surface area contributed by atoms with E-state index in [2.05, 4.69) is 48.2 Å². The van der Waals surface area contributed by atoms with Crippen molar-refractivity contribution < 1.29 is 0 Å². The molecule has 0 aliphatic carbocycles. The minimum atomic E-state index is 0.861. The lowest BCUT2D eigenvalue weighted by Crippen LogP contribution is -2.02. The van der Waals surface area contributed by atoms with Crippen LogP contribution in [0.5, 0.6) is 0 Å². The standard InChI is InChI=1S/C16H18N4/c1-4-17-15-6-5-7-16(19-15)20-10-18-13-8-11(2)12(3)9-14(13)20/h5-10H,4H2,1-3H3,(H,17,19). The van der Waals surface area contributed by atoms with Gasteiger partial charge in [-0.25, -0.2) is 9.97 Å². The average molecular weight is 266 g/mol. The number of pyridine rings is 1. The number of hydrogen-bond acceptors (Lipinski definition) is 3. The number of nitrogens with one attached hydrogen (secondary N) is 1. The van der Waals surface area contributed by atoms with Gasteiger partial charge >= 0.3 is 0 Å². The summed E-state index contributed by atoms with van der Waals surface area (Å²) in [4.78, 5) is 9.09. The van der Waals surface area contributed by atoms with Crippen molar-refractivity contribution in [1.29, 1.82) is 0 Å². The first-order valence-electron chi connectivity index (χ1n) is 6.84. The van der Waals surface area contributed by atoms with E-state index < -0.39 is 0 Å². The Morgan fingerprint density at radius 1 is 1.15 bits per heavy atom. The van der Waals surface area contributed by atoms with Gasteiger partial charge in [-0.15, -0.1) is 0 Å². The number of anilines is 1. The van der Waals surface area contributed by atoms with E-state index in [0.717, 1.165) is 29.2 Å². The molecule has 0 amide bonds. The monoisotopic (exact) mass is 266 g/mol. The topological polar surface area (TPSA) is 42.7 Å². The number of imidazole rings is 1. The molecule has 0 bridgehead atoms. The maximum Gasteiger partial charge on any atom is 0.140 e. The minimum absolute atomic E-state index is 0.861. The molecule has 0 atom stereocenters. The van der Waals surface area contributed by atoms with Crippen molar-refractivity contribution in [3.05, 3.63) is 47.8 Å². The predicted octanol–water partition coefficient (Wildman–Crippen LogP) is 3.47. The van der Waals surface area contributed by atoms with Crippen LogP contribution in [-0.2, 0) is 0 Å². The molecular weight excluding hydrogens is 248 g/mol. The van der Waals surface area contributed by atoms with E-state index >= 15 is 0 Å². The van der Waals surface area contributed by atoms with Crippen LogP contribution >= 0.6 is 0 Å². The van der Waals surface area contributed by atoms with Crippen LogP contribution in [0, 0.1) is 13.8 Å². The van der Waals surface area contributed by atoms with E-state index in [4.69, 9.17) is 0 Å². The molecule has 3 aromatic rings. The van der Waals surface area contributed by atoms with E-state index in [0.29, 0.717) is 0 Å². The van der Waals surface area contributed by atoms with Gasteiger partial charge in [-0.1, -0.05) is 6.07 Å². The lowest BCUT2D eigenvalue weighted by Gasteiger charge is -2.08. The van der Waals surface area contributed by atoms with Gasteiger partial charge in [-0.3, -0.25) is 4.57 Å². The van der Waals surface area contributed by atoms with Crippen LogP contribution in [0.1, 0.15) is 18.1 Å². The van der Waals surface area contributed by atoms with Gasteiger partial charge in [0.25, 0.3) is 0 Å². The number of aromatic nitrogens is 3. The number of hydrogen-bond donors (Lipinski definition) is 1. The Labute approximate surface area is 118 Å². The lowest BCUT2D eigenvalue weighted by atomic mass is 10.1. The molecule has 0 radical (unpaired) electrons. The molecule has 1 aromatic carbocycles. The second kappa shape index (κ2) is 4.96. The Morgan fingerprint density at radius 2 is 1.95 bits per heavy atom.